The van der Waals surface area contributed by atoms with E-state index in [1.165, 1.54) is 6.07 Å². The first kappa shape index (κ1) is 18.2. The number of nitrogens with one attached hydrogen (secondary N) is 1. The Balaban J connectivity index is 1.65. The molecule has 138 valence electrons. The fourth-order valence-electron chi connectivity index (χ4n) is 3.01. The molecule has 0 fully saturated rings. The molecule has 0 unspecified atom stereocenters. The van der Waals surface area contributed by atoms with E-state index in [-0.39, 0.29) is 5.56 Å². The molecule has 4 rings (SSSR count). The zero-order valence-corrected chi connectivity index (χ0v) is 15.8. The summed E-state index contributed by atoms with van der Waals surface area (Å²) in [6.45, 7) is 0. The van der Waals surface area contributed by atoms with Crippen LogP contribution in [0.3, 0.4) is 0 Å². The van der Waals surface area contributed by atoms with Crippen LogP contribution >= 0.6 is 23.2 Å². The van der Waals surface area contributed by atoms with Crippen LogP contribution in [-0.4, -0.2) is 17.7 Å². The minimum atomic E-state index is -0.464. The Bertz CT molecular complexity index is 1090. The summed E-state index contributed by atoms with van der Waals surface area (Å²) in [4.78, 5) is 39.0. The second-order valence-corrected chi connectivity index (χ2v) is 6.91. The number of rotatable bonds is 3. The molecule has 0 aliphatic carbocycles. The number of carbonyl (C=O) groups excluding carboxylic acids is 3. The zero-order valence-electron chi connectivity index (χ0n) is 14.3. The van der Waals surface area contributed by atoms with E-state index in [9.17, 15) is 14.4 Å². The summed E-state index contributed by atoms with van der Waals surface area (Å²) in [5.74, 6) is -1.31. The molecular weight excluding hydrogens is 399 g/mol. The maximum atomic E-state index is 12.7. The van der Waals surface area contributed by atoms with Gasteiger partial charge >= 0.3 is 0 Å². The molecular formula is C21H12Cl2N2O3. The van der Waals surface area contributed by atoms with Crippen molar-refractivity contribution in [2.45, 2.75) is 0 Å². The van der Waals surface area contributed by atoms with Crippen LogP contribution in [0.2, 0.25) is 10.0 Å². The van der Waals surface area contributed by atoms with E-state index in [4.69, 9.17) is 23.2 Å². The van der Waals surface area contributed by atoms with Gasteiger partial charge < -0.3 is 5.32 Å². The third kappa shape index (κ3) is 3.05. The van der Waals surface area contributed by atoms with Crippen molar-refractivity contribution >= 4 is 52.3 Å². The maximum Gasteiger partial charge on any atom is 0.266 e. The lowest BCUT2D eigenvalue weighted by atomic mass is 10.1. The molecule has 0 bridgehead atoms. The first-order valence-electron chi connectivity index (χ1n) is 8.30. The second kappa shape index (κ2) is 7.11. The van der Waals surface area contributed by atoms with Crippen molar-refractivity contribution in [3.05, 3.63) is 93.5 Å². The van der Waals surface area contributed by atoms with Crippen LogP contribution in [0.25, 0.3) is 0 Å². The second-order valence-electron chi connectivity index (χ2n) is 6.09. The van der Waals surface area contributed by atoms with Gasteiger partial charge in [0.1, 0.15) is 0 Å². The number of halogens is 2. The van der Waals surface area contributed by atoms with Crippen LogP contribution in [0.5, 0.6) is 0 Å². The van der Waals surface area contributed by atoms with E-state index in [0.29, 0.717) is 32.5 Å². The molecule has 3 amide bonds. The lowest BCUT2D eigenvalue weighted by Gasteiger charge is -2.15. The summed E-state index contributed by atoms with van der Waals surface area (Å²) in [6.07, 6.45) is 0. The number of nitrogens with zero attached hydrogens (tertiary/aromatic N) is 1. The van der Waals surface area contributed by atoms with Gasteiger partial charge in [-0.3, -0.25) is 14.4 Å². The highest BCUT2D eigenvalue weighted by Gasteiger charge is 2.36. The number of fused-ring (bicyclic) bond motifs is 1. The predicted octanol–water partition coefficient (Wildman–Crippen LogP) is 5.05. The summed E-state index contributed by atoms with van der Waals surface area (Å²) in [5.41, 5.74) is 1.53. The van der Waals surface area contributed by atoms with Gasteiger partial charge in [-0.05, 0) is 42.5 Å². The van der Waals surface area contributed by atoms with Gasteiger partial charge in [0.25, 0.3) is 17.7 Å². The average Bonchev–Trinajstić information content (AvgIpc) is 2.96. The smallest absolute Gasteiger partial charge is 0.266 e. The van der Waals surface area contributed by atoms with Gasteiger partial charge in [0.05, 0.1) is 32.5 Å². The highest BCUT2D eigenvalue weighted by Crippen LogP contribution is 2.31. The monoisotopic (exact) mass is 410 g/mol. The van der Waals surface area contributed by atoms with E-state index in [1.807, 2.05) is 0 Å². The molecule has 1 aliphatic rings. The molecule has 0 spiro atoms. The molecule has 1 N–H and O–H groups in total. The largest absolute Gasteiger partial charge is 0.319 e. The average molecular weight is 411 g/mol. The fraction of sp³-hybridized carbons (Fsp3) is 0. The van der Waals surface area contributed by atoms with Gasteiger partial charge in [-0.1, -0.05) is 47.5 Å². The topological polar surface area (TPSA) is 66.5 Å². The SMILES string of the molecule is O=C(Nc1c(Cl)cccc1Cl)c1cccc(N2C(=O)c3ccccc3C2=O)c1. The molecule has 3 aromatic rings. The third-order valence-electron chi connectivity index (χ3n) is 4.36. The van der Waals surface area contributed by atoms with Crippen molar-refractivity contribution in [1.82, 2.24) is 0 Å². The number of hydrogen-bond acceptors (Lipinski definition) is 3. The standard InChI is InChI=1S/C21H12Cl2N2O3/c22-16-9-4-10-17(23)18(16)24-19(26)12-5-3-6-13(11-12)25-20(27)14-7-1-2-8-15(14)21(25)28/h1-11H,(H,24,26). The normalized spacial score (nSPS) is 12.9. The van der Waals surface area contributed by atoms with Gasteiger partial charge in [-0.15, -0.1) is 0 Å². The van der Waals surface area contributed by atoms with E-state index < -0.39 is 17.7 Å². The minimum absolute atomic E-state index is 0.255. The van der Waals surface area contributed by atoms with Gasteiger partial charge in [0.2, 0.25) is 0 Å². The van der Waals surface area contributed by atoms with Crippen molar-refractivity contribution in [2.24, 2.45) is 0 Å². The lowest BCUT2D eigenvalue weighted by Crippen LogP contribution is -2.29. The zero-order chi connectivity index (χ0) is 19.8. The molecule has 5 nitrogen and oxygen atoms in total. The Labute approximate surface area is 170 Å². The van der Waals surface area contributed by atoms with E-state index >= 15 is 0 Å². The molecule has 3 aromatic carbocycles. The Morgan fingerprint density at radius 2 is 1.36 bits per heavy atom. The van der Waals surface area contributed by atoms with E-state index in [0.717, 1.165) is 4.90 Å². The number of anilines is 2. The Kier molecular flexibility index (Phi) is 4.63. The Morgan fingerprint density at radius 3 is 1.96 bits per heavy atom. The van der Waals surface area contributed by atoms with Crippen LogP contribution in [0.15, 0.2) is 66.7 Å². The molecule has 1 aliphatic heterocycles. The molecule has 0 radical (unpaired) electrons. The van der Waals surface area contributed by atoms with Gasteiger partial charge in [-0.25, -0.2) is 4.90 Å². The van der Waals surface area contributed by atoms with Crippen molar-refractivity contribution < 1.29 is 14.4 Å². The van der Waals surface area contributed by atoms with Crippen molar-refractivity contribution in [3.8, 4) is 0 Å². The predicted molar refractivity (Wildman–Crippen MR) is 108 cm³/mol. The summed E-state index contributed by atoms with van der Waals surface area (Å²) in [5, 5.41) is 3.27. The quantitative estimate of drug-likeness (QED) is 0.614. The van der Waals surface area contributed by atoms with Crippen LogP contribution < -0.4 is 10.2 Å². The highest BCUT2D eigenvalue weighted by molar-refractivity contribution is 6.40. The van der Waals surface area contributed by atoms with Crippen LogP contribution in [0, 0.1) is 0 Å². The lowest BCUT2D eigenvalue weighted by molar-refractivity contribution is 0.0924. The van der Waals surface area contributed by atoms with Gasteiger partial charge in [-0.2, -0.15) is 0 Å². The van der Waals surface area contributed by atoms with Crippen molar-refractivity contribution in [1.29, 1.82) is 0 Å². The summed E-state index contributed by atoms with van der Waals surface area (Å²) < 4.78 is 0. The molecule has 7 heteroatoms. The first-order valence-corrected chi connectivity index (χ1v) is 9.06. The highest BCUT2D eigenvalue weighted by atomic mass is 35.5. The molecule has 1 heterocycles. The van der Waals surface area contributed by atoms with Crippen LogP contribution in [0.4, 0.5) is 11.4 Å². The summed E-state index contributed by atoms with van der Waals surface area (Å²) >= 11 is 12.2. The number of benzene rings is 3. The Hall–Kier alpha value is -3.15. The third-order valence-corrected chi connectivity index (χ3v) is 4.99. The summed E-state index contributed by atoms with van der Waals surface area (Å²) in [7, 11) is 0. The van der Waals surface area contributed by atoms with Crippen molar-refractivity contribution in [2.75, 3.05) is 10.2 Å². The molecule has 0 atom stereocenters. The fourth-order valence-corrected chi connectivity index (χ4v) is 3.50. The summed E-state index contributed by atoms with van der Waals surface area (Å²) in [6, 6.07) is 17.7. The van der Waals surface area contributed by atoms with E-state index in [1.54, 1.807) is 60.7 Å². The van der Waals surface area contributed by atoms with Crippen molar-refractivity contribution in [3.63, 3.8) is 0 Å². The molecule has 0 saturated carbocycles. The minimum Gasteiger partial charge on any atom is -0.319 e. The number of carbonyl (C=O) groups is 3. The number of amides is 3. The number of para-hydroxylation sites is 1. The van der Waals surface area contributed by atoms with E-state index in [2.05, 4.69) is 5.32 Å². The number of imide groups is 1. The Morgan fingerprint density at radius 1 is 0.786 bits per heavy atom. The maximum absolute atomic E-state index is 12.7. The first-order chi connectivity index (χ1) is 13.5. The van der Waals surface area contributed by atoms with Gasteiger partial charge in [0, 0.05) is 5.56 Å². The molecule has 0 aromatic heterocycles. The molecule has 28 heavy (non-hydrogen) atoms. The number of hydrogen-bond donors (Lipinski definition) is 1. The van der Waals surface area contributed by atoms with Crippen LogP contribution in [0.1, 0.15) is 31.1 Å². The van der Waals surface area contributed by atoms with Crippen LogP contribution in [-0.2, 0) is 0 Å². The molecule has 0 saturated heterocycles. The van der Waals surface area contributed by atoms with Gasteiger partial charge in [0.15, 0.2) is 0 Å².